The van der Waals surface area contributed by atoms with Crippen LogP contribution in [0.25, 0.3) is 0 Å². The second-order valence-corrected chi connectivity index (χ2v) is 6.91. The molecule has 0 bridgehead atoms. The van der Waals surface area contributed by atoms with Gasteiger partial charge in [0.2, 0.25) is 0 Å². The van der Waals surface area contributed by atoms with E-state index < -0.39 is 7.67 Å². The quantitative estimate of drug-likeness (QED) is 0.660. The van der Waals surface area contributed by atoms with Crippen LogP contribution in [0.2, 0.25) is 0 Å². The van der Waals surface area contributed by atoms with Gasteiger partial charge in [-0.15, -0.1) is 23.2 Å². The Morgan fingerprint density at radius 1 is 1.20 bits per heavy atom. The standard InChI is InChI=1S/C7H15Cl2N2O2P.C5H5N/c8-2-5-11(6-3-9)14(12)10-4-1-7-13-14;1-2-4-6-5-3-1/h1-7H2,(H,10,12);1-5H. The van der Waals surface area contributed by atoms with Crippen LogP contribution < -0.4 is 5.09 Å². The lowest BCUT2D eigenvalue weighted by Crippen LogP contribution is -2.35. The first-order chi connectivity index (χ1) is 9.73. The number of nitrogens with one attached hydrogen (secondary N) is 1. The van der Waals surface area contributed by atoms with E-state index >= 15 is 0 Å². The number of alkyl halides is 2. The Hall–Kier alpha value is -0.160. The highest BCUT2D eigenvalue weighted by Crippen LogP contribution is 2.47. The number of rotatable bonds is 5. The summed E-state index contributed by atoms with van der Waals surface area (Å²) < 4.78 is 19.2. The van der Waals surface area contributed by atoms with Gasteiger partial charge in [0.05, 0.1) is 6.61 Å². The Morgan fingerprint density at radius 3 is 2.20 bits per heavy atom. The van der Waals surface area contributed by atoms with Crippen molar-refractivity contribution in [2.75, 3.05) is 38.0 Å². The highest BCUT2D eigenvalue weighted by atomic mass is 35.5. The number of hydrogen-bond acceptors (Lipinski definition) is 3. The van der Waals surface area contributed by atoms with Crippen LogP contribution >= 0.6 is 30.9 Å². The molecule has 1 aromatic rings. The van der Waals surface area contributed by atoms with Gasteiger partial charge in [-0.25, -0.2) is 9.76 Å². The van der Waals surface area contributed by atoms with Crippen LogP contribution in [0.1, 0.15) is 6.42 Å². The van der Waals surface area contributed by atoms with Crippen molar-refractivity contribution >= 4 is 30.9 Å². The molecule has 2 heterocycles. The molecule has 0 saturated carbocycles. The topological polar surface area (TPSA) is 54.5 Å². The fourth-order valence-electron chi connectivity index (χ4n) is 1.59. The van der Waals surface area contributed by atoms with Crippen molar-refractivity contribution in [2.24, 2.45) is 0 Å². The summed E-state index contributed by atoms with van der Waals surface area (Å²) in [4.78, 5) is 3.78. The molecule has 1 unspecified atom stereocenters. The fourth-order valence-corrected chi connectivity index (χ4v) is 4.23. The maximum Gasteiger partial charge on any atom is 0.343 e. The molecule has 1 N–H and O–H groups in total. The minimum Gasteiger partial charge on any atom is -0.306 e. The first-order valence-corrected chi connectivity index (χ1v) is 9.09. The van der Waals surface area contributed by atoms with E-state index in [4.69, 9.17) is 27.7 Å². The number of hydrogen-bond donors (Lipinski definition) is 1. The molecule has 0 spiro atoms. The maximum absolute atomic E-state index is 12.2. The molecule has 8 heteroatoms. The van der Waals surface area contributed by atoms with E-state index in [1.54, 1.807) is 17.1 Å². The summed E-state index contributed by atoms with van der Waals surface area (Å²) in [6.45, 7) is 2.31. The lowest BCUT2D eigenvalue weighted by atomic mass is 10.5. The van der Waals surface area contributed by atoms with Crippen LogP contribution in [0.15, 0.2) is 30.6 Å². The highest BCUT2D eigenvalue weighted by molar-refractivity contribution is 7.54. The zero-order valence-electron chi connectivity index (χ0n) is 11.3. The third-order valence-corrected chi connectivity index (χ3v) is 5.16. The summed E-state index contributed by atoms with van der Waals surface area (Å²) in [5.74, 6) is 0.845. The Labute approximate surface area is 130 Å². The monoisotopic (exact) mass is 339 g/mol. The van der Waals surface area contributed by atoms with Gasteiger partial charge < -0.3 is 4.52 Å². The molecule has 2 rings (SSSR count). The lowest BCUT2D eigenvalue weighted by molar-refractivity contribution is 0.233. The van der Waals surface area contributed by atoms with Crippen molar-refractivity contribution < 1.29 is 9.09 Å². The SMILES string of the molecule is O=P1(N(CCCl)CCCl)NCCCO1.c1ccncc1. The zero-order chi connectivity index (χ0) is 14.7. The van der Waals surface area contributed by atoms with E-state index in [2.05, 4.69) is 10.1 Å². The van der Waals surface area contributed by atoms with Crippen molar-refractivity contribution in [3.8, 4) is 0 Å². The van der Waals surface area contributed by atoms with Crippen molar-refractivity contribution in [1.82, 2.24) is 14.7 Å². The molecule has 1 saturated heterocycles. The summed E-state index contributed by atoms with van der Waals surface area (Å²) in [6, 6.07) is 5.72. The van der Waals surface area contributed by atoms with Crippen LogP contribution in [0.5, 0.6) is 0 Å². The lowest BCUT2D eigenvalue weighted by Gasteiger charge is -2.33. The summed E-state index contributed by atoms with van der Waals surface area (Å²) in [7, 11) is -2.84. The molecule has 0 amide bonds. The van der Waals surface area contributed by atoms with Gasteiger partial charge in [0.15, 0.2) is 0 Å². The fraction of sp³-hybridized carbons (Fsp3) is 0.583. The van der Waals surface area contributed by atoms with E-state index in [9.17, 15) is 4.57 Å². The van der Waals surface area contributed by atoms with Crippen LogP contribution in [-0.4, -0.2) is 47.7 Å². The van der Waals surface area contributed by atoms with E-state index in [1.807, 2.05) is 18.2 Å². The molecule has 20 heavy (non-hydrogen) atoms. The second kappa shape index (κ2) is 10.6. The number of halogens is 2. The smallest absolute Gasteiger partial charge is 0.306 e. The minimum atomic E-state index is -2.84. The molecule has 1 aliphatic heterocycles. The Kier molecular flexibility index (Phi) is 9.44. The Balaban J connectivity index is 0.000000276. The van der Waals surface area contributed by atoms with Gasteiger partial charge >= 0.3 is 7.67 Å². The Bertz CT molecular complexity index is 355. The van der Waals surface area contributed by atoms with Gasteiger partial charge in [0.1, 0.15) is 0 Å². The molecule has 114 valence electrons. The average molecular weight is 340 g/mol. The number of aromatic nitrogens is 1. The third kappa shape index (κ3) is 6.53. The summed E-state index contributed by atoms with van der Waals surface area (Å²) >= 11 is 11.2. The van der Waals surface area contributed by atoms with Gasteiger partial charge in [-0.3, -0.25) is 9.55 Å². The predicted molar refractivity (Wildman–Crippen MR) is 83.4 cm³/mol. The van der Waals surface area contributed by atoms with E-state index in [1.165, 1.54) is 0 Å². The molecule has 0 radical (unpaired) electrons. The normalized spacial score (nSPS) is 22.1. The molecule has 1 aliphatic rings. The Morgan fingerprint density at radius 2 is 1.85 bits per heavy atom. The summed E-state index contributed by atoms with van der Waals surface area (Å²) in [6.07, 6.45) is 4.39. The predicted octanol–water partition coefficient (Wildman–Crippen LogP) is 2.97. The molecule has 1 aromatic heterocycles. The van der Waals surface area contributed by atoms with E-state index in [-0.39, 0.29) is 0 Å². The molecular weight excluding hydrogens is 320 g/mol. The zero-order valence-corrected chi connectivity index (χ0v) is 13.7. The third-order valence-electron chi connectivity index (χ3n) is 2.52. The van der Waals surface area contributed by atoms with Gasteiger partial charge in [0.25, 0.3) is 0 Å². The molecule has 1 atom stereocenters. The second-order valence-electron chi connectivity index (χ2n) is 3.97. The van der Waals surface area contributed by atoms with Gasteiger partial charge in [-0.05, 0) is 18.6 Å². The van der Waals surface area contributed by atoms with Crippen molar-refractivity contribution in [3.05, 3.63) is 30.6 Å². The van der Waals surface area contributed by atoms with Crippen LogP contribution in [0.4, 0.5) is 0 Å². The van der Waals surface area contributed by atoms with Crippen molar-refractivity contribution in [2.45, 2.75) is 6.42 Å². The number of pyridine rings is 1. The molecule has 1 fully saturated rings. The molecule has 0 aliphatic carbocycles. The van der Waals surface area contributed by atoms with Crippen LogP contribution in [0, 0.1) is 0 Å². The molecule has 5 nitrogen and oxygen atoms in total. The molecule has 0 aromatic carbocycles. The highest BCUT2D eigenvalue weighted by Gasteiger charge is 2.32. The van der Waals surface area contributed by atoms with Gasteiger partial charge in [-0.2, -0.15) is 0 Å². The first-order valence-electron chi connectivity index (χ1n) is 6.45. The average Bonchev–Trinajstić information content (AvgIpc) is 2.50. The first kappa shape index (κ1) is 17.9. The largest absolute Gasteiger partial charge is 0.343 e. The summed E-state index contributed by atoms with van der Waals surface area (Å²) in [5.41, 5.74) is 0. The molecular formula is C12H20Cl2N3O2P. The summed E-state index contributed by atoms with van der Waals surface area (Å²) in [5, 5.41) is 2.91. The van der Waals surface area contributed by atoms with Crippen molar-refractivity contribution in [3.63, 3.8) is 0 Å². The number of nitrogens with zero attached hydrogens (tertiary/aromatic N) is 2. The maximum atomic E-state index is 12.2. The van der Waals surface area contributed by atoms with Gasteiger partial charge in [-0.1, -0.05) is 6.07 Å². The van der Waals surface area contributed by atoms with E-state index in [0.717, 1.165) is 13.0 Å². The van der Waals surface area contributed by atoms with Crippen LogP contribution in [0.3, 0.4) is 0 Å². The van der Waals surface area contributed by atoms with Crippen molar-refractivity contribution in [1.29, 1.82) is 0 Å². The van der Waals surface area contributed by atoms with Crippen LogP contribution in [-0.2, 0) is 9.09 Å². The van der Waals surface area contributed by atoms with E-state index in [0.29, 0.717) is 31.5 Å². The minimum absolute atomic E-state index is 0.423. The van der Waals surface area contributed by atoms with Gasteiger partial charge in [0, 0.05) is 43.8 Å².